The predicted molar refractivity (Wildman–Crippen MR) is 67.5 cm³/mol. The minimum absolute atomic E-state index is 0.375. The molecule has 6 heteroatoms. The highest BCUT2D eigenvalue weighted by Gasteiger charge is 2.16. The van der Waals surface area contributed by atoms with Crippen LogP contribution < -0.4 is 0 Å². The molecule has 0 radical (unpaired) electrons. The summed E-state index contributed by atoms with van der Waals surface area (Å²) >= 11 is 0. The number of carboxylic acid groups (broad SMARTS) is 1. The van der Waals surface area contributed by atoms with Gasteiger partial charge in [-0.1, -0.05) is 18.2 Å². The summed E-state index contributed by atoms with van der Waals surface area (Å²) in [5, 5.41) is 23.2. The molecule has 6 nitrogen and oxygen atoms in total. The monoisotopic (exact) mass is 255 g/mol. The van der Waals surface area contributed by atoms with E-state index in [4.69, 9.17) is 5.11 Å². The van der Waals surface area contributed by atoms with Crippen LogP contribution in [-0.4, -0.2) is 30.9 Å². The number of aromatic nitrogens is 3. The van der Waals surface area contributed by atoms with E-state index in [9.17, 15) is 9.90 Å². The van der Waals surface area contributed by atoms with Crippen molar-refractivity contribution in [1.29, 1.82) is 0 Å². The van der Waals surface area contributed by atoms with Gasteiger partial charge in [-0.25, -0.2) is 9.48 Å². The number of fused-ring (bicyclic) bond motifs is 1. The average molecular weight is 255 g/mol. The summed E-state index contributed by atoms with van der Waals surface area (Å²) in [7, 11) is 0. The SMILES string of the molecule is O=C(O)c1nn(-c2cccc3cccnc23)cc1O. The zero-order valence-electron chi connectivity index (χ0n) is 9.69. The molecule has 0 atom stereocenters. The lowest BCUT2D eigenvalue weighted by Crippen LogP contribution is -2.02. The third kappa shape index (κ3) is 1.79. The summed E-state index contributed by atoms with van der Waals surface area (Å²) < 4.78 is 1.31. The first-order chi connectivity index (χ1) is 9.16. The van der Waals surface area contributed by atoms with Crippen LogP contribution >= 0.6 is 0 Å². The predicted octanol–water partition coefficient (Wildman–Crippen LogP) is 1.82. The molecule has 0 amide bonds. The van der Waals surface area contributed by atoms with Crippen LogP contribution in [0.2, 0.25) is 0 Å². The normalized spacial score (nSPS) is 10.7. The summed E-state index contributed by atoms with van der Waals surface area (Å²) in [4.78, 5) is 15.1. The summed E-state index contributed by atoms with van der Waals surface area (Å²) in [6.45, 7) is 0. The third-order valence-electron chi connectivity index (χ3n) is 2.76. The van der Waals surface area contributed by atoms with Crippen LogP contribution in [0.5, 0.6) is 5.75 Å². The molecule has 2 heterocycles. The molecule has 0 saturated heterocycles. The molecular weight excluding hydrogens is 246 g/mol. The molecule has 3 aromatic rings. The van der Waals surface area contributed by atoms with E-state index in [1.54, 1.807) is 12.3 Å². The largest absolute Gasteiger partial charge is 0.504 e. The Balaban J connectivity index is 2.25. The van der Waals surface area contributed by atoms with Gasteiger partial charge in [0, 0.05) is 11.6 Å². The highest BCUT2D eigenvalue weighted by atomic mass is 16.4. The smallest absolute Gasteiger partial charge is 0.360 e. The van der Waals surface area contributed by atoms with Crippen LogP contribution in [0.4, 0.5) is 0 Å². The van der Waals surface area contributed by atoms with E-state index in [-0.39, 0.29) is 11.4 Å². The first-order valence-electron chi connectivity index (χ1n) is 5.53. The van der Waals surface area contributed by atoms with Gasteiger partial charge in [0.15, 0.2) is 5.75 Å². The third-order valence-corrected chi connectivity index (χ3v) is 2.76. The Labute approximate surface area is 107 Å². The molecule has 1 aromatic carbocycles. The van der Waals surface area contributed by atoms with E-state index < -0.39 is 5.97 Å². The quantitative estimate of drug-likeness (QED) is 0.729. The lowest BCUT2D eigenvalue weighted by Gasteiger charge is -2.04. The van der Waals surface area contributed by atoms with Crippen LogP contribution in [0, 0.1) is 0 Å². The van der Waals surface area contributed by atoms with Gasteiger partial charge < -0.3 is 10.2 Å². The van der Waals surface area contributed by atoms with Crippen molar-refractivity contribution in [3.8, 4) is 11.4 Å². The Morgan fingerprint density at radius 1 is 1.21 bits per heavy atom. The lowest BCUT2D eigenvalue weighted by atomic mass is 10.2. The Morgan fingerprint density at radius 2 is 2.00 bits per heavy atom. The molecule has 0 aliphatic rings. The van der Waals surface area contributed by atoms with Crippen LogP contribution in [0.25, 0.3) is 16.6 Å². The van der Waals surface area contributed by atoms with Crippen molar-refractivity contribution >= 4 is 16.9 Å². The van der Waals surface area contributed by atoms with Crippen LogP contribution in [0.1, 0.15) is 10.5 Å². The van der Waals surface area contributed by atoms with Crippen molar-refractivity contribution in [3.05, 3.63) is 48.4 Å². The fourth-order valence-electron chi connectivity index (χ4n) is 1.91. The molecule has 2 aromatic heterocycles. The Bertz CT molecular complexity index is 774. The van der Waals surface area contributed by atoms with Gasteiger partial charge >= 0.3 is 5.97 Å². The highest BCUT2D eigenvalue weighted by molar-refractivity contribution is 5.89. The Morgan fingerprint density at radius 3 is 2.74 bits per heavy atom. The number of nitrogens with zero attached hydrogens (tertiary/aromatic N) is 3. The number of hydrogen-bond donors (Lipinski definition) is 2. The van der Waals surface area contributed by atoms with Gasteiger partial charge in [0.25, 0.3) is 0 Å². The van der Waals surface area contributed by atoms with E-state index in [2.05, 4.69) is 10.1 Å². The number of carboxylic acids is 1. The summed E-state index contributed by atoms with van der Waals surface area (Å²) in [6.07, 6.45) is 2.90. The van der Waals surface area contributed by atoms with Crippen molar-refractivity contribution in [3.63, 3.8) is 0 Å². The number of aromatic hydroxyl groups is 1. The van der Waals surface area contributed by atoms with E-state index >= 15 is 0 Å². The Kier molecular flexibility index (Phi) is 2.42. The standard InChI is InChI=1S/C13H9N3O3/c17-10-7-16(15-12(10)13(18)19)9-5-1-3-8-4-2-6-14-11(8)9/h1-7,17H,(H,18,19). The molecule has 0 aliphatic carbocycles. The van der Waals surface area contributed by atoms with Crippen molar-refractivity contribution in [1.82, 2.24) is 14.8 Å². The van der Waals surface area contributed by atoms with Crippen LogP contribution in [0.15, 0.2) is 42.7 Å². The number of rotatable bonds is 2. The number of pyridine rings is 1. The zero-order chi connectivity index (χ0) is 13.4. The zero-order valence-corrected chi connectivity index (χ0v) is 9.69. The van der Waals surface area contributed by atoms with Crippen molar-refractivity contribution in [2.24, 2.45) is 0 Å². The fourth-order valence-corrected chi connectivity index (χ4v) is 1.91. The van der Waals surface area contributed by atoms with Gasteiger partial charge in [0.05, 0.1) is 17.4 Å². The molecule has 0 aliphatic heterocycles. The van der Waals surface area contributed by atoms with Gasteiger partial charge in [-0.2, -0.15) is 5.10 Å². The molecule has 0 unspecified atom stereocenters. The molecule has 94 valence electrons. The lowest BCUT2D eigenvalue weighted by molar-refractivity contribution is 0.0687. The van der Waals surface area contributed by atoms with E-state index in [0.717, 1.165) is 5.39 Å². The van der Waals surface area contributed by atoms with Crippen LogP contribution in [0.3, 0.4) is 0 Å². The van der Waals surface area contributed by atoms with Gasteiger partial charge in [-0.15, -0.1) is 0 Å². The molecule has 2 N–H and O–H groups in total. The van der Waals surface area contributed by atoms with Gasteiger partial charge in [0.2, 0.25) is 5.69 Å². The number of carbonyl (C=O) groups is 1. The summed E-state index contributed by atoms with van der Waals surface area (Å²) in [6, 6.07) is 9.18. The van der Waals surface area contributed by atoms with Gasteiger partial charge in [-0.3, -0.25) is 4.98 Å². The second-order valence-electron chi connectivity index (χ2n) is 3.96. The van der Waals surface area contributed by atoms with Crippen molar-refractivity contribution < 1.29 is 15.0 Å². The molecular formula is C13H9N3O3. The van der Waals surface area contributed by atoms with E-state index in [1.165, 1.54) is 10.9 Å². The maximum absolute atomic E-state index is 10.9. The number of para-hydroxylation sites is 1. The summed E-state index contributed by atoms with van der Waals surface area (Å²) in [5.74, 6) is -1.65. The molecule has 3 rings (SSSR count). The Hall–Kier alpha value is -2.89. The number of hydrogen-bond acceptors (Lipinski definition) is 4. The molecule has 0 fully saturated rings. The molecule has 19 heavy (non-hydrogen) atoms. The van der Waals surface area contributed by atoms with E-state index in [0.29, 0.717) is 11.2 Å². The maximum Gasteiger partial charge on any atom is 0.360 e. The molecule has 0 saturated carbocycles. The first kappa shape index (κ1) is 11.2. The van der Waals surface area contributed by atoms with Gasteiger partial charge in [0.1, 0.15) is 0 Å². The van der Waals surface area contributed by atoms with Crippen molar-refractivity contribution in [2.75, 3.05) is 0 Å². The highest BCUT2D eigenvalue weighted by Crippen LogP contribution is 2.23. The minimum atomic E-state index is -1.27. The number of benzene rings is 1. The molecule has 0 bridgehead atoms. The molecule has 0 spiro atoms. The van der Waals surface area contributed by atoms with Gasteiger partial charge in [-0.05, 0) is 12.1 Å². The second-order valence-corrected chi connectivity index (χ2v) is 3.96. The fraction of sp³-hybridized carbons (Fsp3) is 0. The first-order valence-corrected chi connectivity index (χ1v) is 5.53. The van der Waals surface area contributed by atoms with E-state index in [1.807, 2.05) is 24.3 Å². The second kappa shape index (κ2) is 4.09. The van der Waals surface area contributed by atoms with Crippen LogP contribution in [-0.2, 0) is 0 Å². The maximum atomic E-state index is 10.9. The van der Waals surface area contributed by atoms with Crippen molar-refractivity contribution in [2.45, 2.75) is 0 Å². The topological polar surface area (TPSA) is 88.2 Å². The summed E-state index contributed by atoms with van der Waals surface area (Å²) in [5.41, 5.74) is 0.915. The average Bonchev–Trinajstić information content (AvgIpc) is 2.80. The number of aromatic carboxylic acids is 1. The minimum Gasteiger partial charge on any atom is -0.504 e.